The Kier molecular flexibility index (Phi) is 7.03. The predicted octanol–water partition coefficient (Wildman–Crippen LogP) is 4.29. The van der Waals surface area contributed by atoms with Gasteiger partial charge in [-0.3, -0.25) is 19.2 Å². The first-order chi connectivity index (χ1) is 16.9. The summed E-state index contributed by atoms with van der Waals surface area (Å²) in [6.07, 6.45) is 2.49. The van der Waals surface area contributed by atoms with Crippen LogP contribution in [-0.2, 0) is 4.79 Å². The molecule has 0 saturated carbocycles. The molecule has 0 radical (unpaired) electrons. The lowest BCUT2D eigenvalue weighted by atomic mass is 9.69. The zero-order valence-electron chi connectivity index (χ0n) is 22.1. The molecule has 1 aromatic heterocycles. The lowest BCUT2D eigenvalue weighted by molar-refractivity contribution is -0.136. The van der Waals surface area contributed by atoms with Gasteiger partial charge in [-0.2, -0.15) is 5.10 Å². The van der Waals surface area contributed by atoms with Gasteiger partial charge in [-0.15, -0.1) is 0 Å². The van der Waals surface area contributed by atoms with Crippen LogP contribution in [-0.4, -0.2) is 73.8 Å². The average molecular weight is 498 g/mol. The number of hydrogen-bond donors (Lipinski definition) is 2. The maximum atomic E-state index is 13.4. The van der Waals surface area contributed by atoms with Crippen LogP contribution in [0.2, 0.25) is 0 Å². The molecular weight excluding hydrogens is 458 g/mol. The van der Waals surface area contributed by atoms with E-state index in [1.54, 1.807) is 0 Å². The van der Waals surface area contributed by atoms with Gasteiger partial charge in [-0.05, 0) is 51.0 Å². The molecule has 0 spiro atoms. The molecule has 2 aromatic rings. The summed E-state index contributed by atoms with van der Waals surface area (Å²) < 4.78 is 1.83. The zero-order valence-corrected chi connectivity index (χ0v) is 22.1. The van der Waals surface area contributed by atoms with E-state index >= 15 is 0 Å². The van der Waals surface area contributed by atoms with Crippen LogP contribution in [0.5, 0.6) is 0 Å². The second-order valence-corrected chi connectivity index (χ2v) is 11.6. The van der Waals surface area contributed by atoms with Crippen LogP contribution < -0.4 is 5.32 Å². The smallest absolute Gasteiger partial charge is 0.407 e. The summed E-state index contributed by atoms with van der Waals surface area (Å²) in [4.78, 5) is 42.5. The second kappa shape index (κ2) is 9.75. The Bertz CT molecular complexity index is 1140. The molecule has 4 rings (SSSR count). The van der Waals surface area contributed by atoms with Gasteiger partial charge in [-0.1, -0.05) is 39.0 Å². The summed E-state index contributed by atoms with van der Waals surface area (Å²) in [5.41, 5.74) is -0.223. The number of likely N-dealkylation sites (tertiary alicyclic amines) is 2. The number of fused-ring (bicyclic) bond motifs is 1. The molecule has 2 fully saturated rings. The van der Waals surface area contributed by atoms with Crippen molar-refractivity contribution in [1.82, 2.24) is 24.9 Å². The second-order valence-electron chi connectivity index (χ2n) is 11.6. The Hall–Kier alpha value is -3.10. The fraction of sp³-hybridized carbons (Fsp3) is 0.630. The fourth-order valence-corrected chi connectivity index (χ4v) is 5.89. The zero-order chi connectivity index (χ0) is 26.3. The third-order valence-corrected chi connectivity index (χ3v) is 7.94. The minimum atomic E-state index is -1.07. The molecule has 2 aliphatic heterocycles. The van der Waals surface area contributed by atoms with Crippen molar-refractivity contribution in [1.29, 1.82) is 0 Å². The van der Waals surface area contributed by atoms with E-state index in [1.807, 2.05) is 68.5 Å². The highest BCUT2D eigenvalue weighted by Crippen LogP contribution is 2.47. The van der Waals surface area contributed by atoms with Crippen molar-refractivity contribution in [2.75, 3.05) is 19.6 Å². The topological polar surface area (TPSA) is 108 Å². The number of carbonyl (C=O) groups excluding carboxylic acids is 2. The maximum absolute atomic E-state index is 13.4. The van der Waals surface area contributed by atoms with Crippen LogP contribution in [0, 0.1) is 5.41 Å². The van der Waals surface area contributed by atoms with E-state index < -0.39 is 23.1 Å². The molecule has 0 aliphatic carbocycles. The normalized spacial score (nSPS) is 22.9. The van der Waals surface area contributed by atoms with Crippen molar-refractivity contribution >= 4 is 28.8 Å². The Morgan fingerprint density at radius 3 is 2.42 bits per heavy atom. The van der Waals surface area contributed by atoms with Gasteiger partial charge in [0.2, 0.25) is 5.91 Å². The lowest BCUT2D eigenvalue weighted by Gasteiger charge is -2.47. The summed E-state index contributed by atoms with van der Waals surface area (Å²) >= 11 is 0. The molecule has 2 aliphatic rings. The Labute approximate surface area is 212 Å². The average Bonchev–Trinajstić information content (AvgIpc) is 3.39. The predicted molar refractivity (Wildman–Crippen MR) is 138 cm³/mol. The molecule has 196 valence electrons. The number of nitrogens with one attached hydrogen (secondary N) is 1. The van der Waals surface area contributed by atoms with Crippen molar-refractivity contribution in [3.8, 4) is 0 Å². The molecular formula is C27H39N5O4. The minimum absolute atomic E-state index is 0.00970. The van der Waals surface area contributed by atoms with Crippen molar-refractivity contribution in [3.63, 3.8) is 0 Å². The summed E-state index contributed by atoms with van der Waals surface area (Å²) in [6.45, 7) is 11.5. The number of rotatable bonds is 5. The summed E-state index contributed by atoms with van der Waals surface area (Å²) in [7, 11) is 0. The molecule has 36 heavy (non-hydrogen) atoms. The number of nitrogens with zero attached hydrogens (tertiary/aromatic N) is 4. The molecule has 9 nitrogen and oxygen atoms in total. The summed E-state index contributed by atoms with van der Waals surface area (Å²) in [5, 5.41) is 18.6. The van der Waals surface area contributed by atoms with E-state index in [2.05, 4.69) is 10.4 Å². The molecule has 2 atom stereocenters. The monoisotopic (exact) mass is 497 g/mol. The van der Waals surface area contributed by atoms with Crippen LogP contribution in [0.25, 0.3) is 10.9 Å². The van der Waals surface area contributed by atoms with Gasteiger partial charge in [0, 0.05) is 37.1 Å². The molecule has 1 aromatic carbocycles. The van der Waals surface area contributed by atoms with Crippen LogP contribution >= 0.6 is 0 Å². The first kappa shape index (κ1) is 26.0. The molecule has 3 amide bonds. The first-order valence-electron chi connectivity index (χ1n) is 13.0. The number of piperidine rings is 1. The summed E-state index contributed by atoms with van der Waals surface area (Å²) in [5.74, 6) is -0.336. The number of amides is 3. The number of carboxylic acid groups (broad SMARTS) is 1. The van der Waals surface area contributed by atoms with E-state index in [0.717, 1.165) is 43.3 Å². The van der Waals surface area contributed by atoms with E-state index in [9.17, 15) is 19.5 Å². The fourth-order valence-electron chi connectivity index (χ4n) is 5.89. The maximum Gasteiger partial charge on any atom is 0.407 e. The molecule has 3 heterocycles. The third kappa shape index (κ3) is 4.67. The van der Waals surface area contributed by atoms with Gasteiger partial charge in [0.05, 0.1) is 17.5 Å². The van der Waals surface area contributed by atoms with Crippen molar-refractivity contribution in [3.05, 3.63) is 30.0 Å². The number of aromatic nitrogens is 2. The molecule has 0 bridgehead atoms. The van der Waals surface area contributed by atoms with Gasteiger partial charge in [0.1, 0.15) is 0 Å². The van der Waals surface area contributed by atoms with Crippen molar-refractivity contribution < 1.29 is 19.5 Å². The van der Waals surface area contributed by atoms with Crippen molar-refractivity contribution in [2.24, 2.45) is 5.41 Å². The Balaban J connectivity index is 1.61. The standard InChI is InChI=1S/C27H39N5O4/c1-18(2)32-21-12-8-7-11-20(21)23(29-32)24(34)28-19-15-27(26(3,4)5,31(17-19)25(35)36)16-22(33)30-13-9-6-10-14-30/h7-8,11-12,18-19H,6,9-10,13-17H2,1-5H3,(H,28,34)(H,35,36)/t19-,27-/m0/s1. The third-order valence-electron chi connectivity index (χ3n) is 7.94. The Morgan fingerprint density at radius 1 is 1.14 bits per heavy atom. The number of carbonyl (C=O) groups is 3. The molecule has 2 saturated heterocycles. The van der Waals surface area contributed by atoms with Crippen LogP contribution in [0.4, 0.5) is 4.79 Å². The van der Waals surface area contributed by atoms with E-state index in [-0.39, 0.29) is 30.8 Å². The van der Waals surface area contributed by atoms with E-state index in [4.69, 9.17) is 0 Å². The lowest BCUT2D eigenvalue weighted by Crippen LogP contribution is -2.57. The Morgan fingerprint density at radius 2 is 1.81 bits per heavy atom. The number of benzene rings is 1. The number of hydrogen-bond acceptors (Lipinski definition) is 4. The molecule has 0 unspecified atom stereocenters. The van der Waals surface area contributed by atoms with Crippen molar-refractivity contribution in [2.45, 2.75) is 84.3 Å². The largest absolute Gasteiger partial charge is 0.465 e. The highest BCUT2D eigenvalue weighted by atomic mass is 16.4. The molecule has 9 heteroatoms. The quantitative estimate of drug-likeness (QED) is 0.641. The van der Waals surface area contributed by atoms with Gasteiger partial charge in [0.15, 0.2) is 5.69 Å². The number of para-hydroxylation sites is 1. The molecule has 2 N–H and O–H groups in total. The van der Waals surface area contributed by atoms with Crippen LogP contribution in [0.1, 0.15) is 83.3 Å². The SMILES string of the molecule is CC(C)n1nc(C(=O)N[C@@H]2CN(C(=O)O)[C@@](CC(=O)N3CCCCC3)(C(C)(C)C)C2)c2ccccc21. The van der Waals surface area contributed by atoms with E-state index in [1.165, 1.54) is 4.90 Å². The van der Waals surface area contributed by atoms with Gasteiger partial charge in [-0.25, -0.2) is 4.79 Å². The van der Waals surface area contributed by atoms with Crippen LogP contribution in [0.3, 0.4) is 0 Å². The van der Waals surface area contributed by atoms with Gasteiger partial charge < -0.3 is 15.3 Å². The summed E-state index contributed by atoms with van der Waals surface area (Å²) in [6, 6.07) is 7.28. The van der Waals surface area contributed by atoms with Gasteiger partial charge >= 0.3 is 6.09 Å². The first-order valence-corrected chi connectivity index (χ1v) is 13.0. The minimum Gasteiger partial charge on any atom is -0.465 e. The van der Waals surface area contributed by atoms with Gasteiger partial charge in [0.25, 0.3) is 5.91 Å². The van der Waals surface area contributed by atoms with E-state index in [0.29, 0.717) is 12.1 Å². The highest BCUT2D eigenvalue weighted by molar-refractivity contribution is 6.05. The van der Waals surface area contributed by atoms with Crippen LogP contribution in [0.15, 0.2) is 24.3 Å². The highest BCUT2D eigenvalue weighted by Gasteiger charge is 2.56.